The first kappa shape index (κ1) is 22.3. The summed E-state index contributed by atoms with van der Waals surface area (Å²) in [5.74, 6) is 1.18. The predicted octanol–water partition coefficient (Wildman–Crippen LogP) is 5.90. The lowest BCUT2D eigenvalue weighted by molar-refractivity contribution is -0.110. The number of ketones is 1. The van der Waals surface area contributed by atoms with Crippen LogP contribution in [0, 0.1) is 17.4 Å². The van der Waals surface area contributed by atoms with Crippen molar-refractivity contribution in [1.29, 1.82) is 0 Å². The fourth-order valence-corrected chi connectivity index (χ4v) is 5.75. The number of aromatic nitrogens is 1. The van der Waals surface area contributed by atoms with Crippen molar-refractivity contribution in [3.8, 4) is 0 Å². The van der Waals surface area contributed by atoms with Crippen LogP contribution in [0.25, 0.3) is 17.2 Å². The molecule has 2 aromatic carbocycles. The van der Waals surface area contributed by atoms with Crippen LogP contribution in [0.3, 0.4) is 0 Å². The number of aryl methyl sites for hydroxylation is 2. The molecule has 1 aromatic heterocycles. The zero-order valence-corrected chi connectivity index (χ0v) is 22.0. The average molecular weight is 571 g/mol. The highest BCUT2D eigenvalue weighted by molar-refractivity contribution is 14.1. The number of carbonyl (C=O) groups excluding carboxylic acids is 1. The van der Waals surface area contributed by atoms with Gasteiger partial charge in [-0.25, -0.2) is 4.98 Å². The number of anilines is 1. The Bertz CT molecular complexity index is 1440. The smallest absolute Gasteiger partial charge is 0.196 e. The maximum absolute atomic E-state index is 14.0. The second-order valence-electron chi connectivity index (χ2n) is 9.43. The summed E-state index contributed by atoms with van der Waals surface area (Å²) in [7, 11) is 0. The summed E-state index contributed by atoms with van der Waals surface area (Å²) < 4.78 is 1.16. The van der Waals surface area contributed by atoms with E-state index in [0.717, 1.165) is 74.7 Å². The largest absolute Gasteiger partial charge is 0.367 e. The standard InChI is InChI=1S/C30H26IN3O/c1-19-15-20(2)30(32-18-19)34-13-11-33(12-14-34)27-17-25-24-6-4-3-5-22(24)16-26(25)29(35)28(27)21-7-9-23(31)10-8-21/h3-10,15-18H,11-14H2,1-2H3. The predicted molar refractivity (Wildman–Crippen MR) is 151 cm³/mol. The minimum atomic E-state index is 0.119. The molecule has 0 spiro atoms. The van der Waals surface area contributed by atoms with E-state index < -0.39 is 0 Å². The van der Waals surface area contributed by atoms with E-state index in [0.29, 0.717) is 0 Å². The normalized spacial score (nSPS) is 17.3. The van der Waals surface area contributed by atoms with Crippen LogP contribution in [-0.4, -0.2) is 41.8 Å². The van der Waals surface area contributed by atoms with E-state index in [9.17, 15) is 4.79 Å². The van der Waals surface area contributed by atoms with E-state index in [4.69, 9.17) is 4.98 Å². The summed E-state index contributed by atoms with van der Waals surface area (Å²) in [5.41, 5.74) is 9.35. The number of halogens is 1. The maximum Gasteiger partial charge on any atom is 0.196 e. The summed E-state index contributed by atoms with van der Waals surface area (Å²) >= 11 is 2.31. The van der Waals surface area contributed by atoms with Crippen molar-refractivity contribution in [2.75, 3.05) is 31.1 Å². The van der Waals surface area contributed by atoms with Crippen molar-refractivity contribution in [1.82, 2.24) is 9.88 Å². The molecule has 174 valence electrons. The Morgan fingerprint density at radius 1 is 0.857 bits per heavy atom. The van der Waals surface area contributed by atoms with Crippen molar-refractivity contribution in [2.24, 2.45) is 0 Å². The number of Topliss-reactive ketones (excluding diaryl/α,β-unsaturated/α-hetero) is 1. The van der Waals surface area contributed by atoms with Crippen molar-refractivity contribution in [3.63, 3.8) is 0 Å². The van der Waals surface area contributed by atoms with Gasteiger partial charge in [-0.3, -0.25) is 4.79 Å². The average Bonchev–Trinajstić information content (AvgIpc) is 3.24. The van der Waals surface area contributed by atoms with Crippen LogP contribution in [0.15, 0.2) is 78.1 Å². The lowest BCUT2D eigenvalue weighted by Gasteiger charge is -2.39. The molecule has 1 saturated heterocycles. The number of rotatable bonds is 3. The highest BCUT2D eigenvalue weighted by Crippen LogP contribution is 2.44. The molecule has 35 heavy (non-hydrogen) atoms. The molecule has 0 saturated carbocycles. The quantitative estimate of drug-likeness (QED) is 0.367. The number of carbonyl (C=O) groups is 1. The number of pyridine rings is 1. The second-order valence-corrected chi connectivity index (χ2v) is 10.7. The van der Waals surface area contributed by atoms with Crippen LogP contribution in [-0.2, 0) is 4.79 Å². The molecule has 4 nitrogen and oxygen atoms in total. The van der Waals surface area contributed by atoms with Crippen LogP contribution in [0.1, 0.15) is 27.8 Å². The van der Waals surface area contributed by atoms with Gasteiger partial charge in [0.05, 0.1) is 5.57 Å². The Labute approximate surface area is 219 Å². The minimum Gasteiger partial charge on any atom is -0.367 e. The molecule has 2 heterocycles. The van der Waals surface area contributed by atoms with Gasteiger partial charge in [-0.05, 0) is 94.1 Å². The maximum atomic E-state index is 14.0. The molecule has 5 heteroatoms. The van der Waals surface area contributed by atoms with Crippen LogP contribution < -0.4 is 4.90 Å². The van der Waals surface area contributed by atoms with Gasteiger partial charge >= 0.3 is 0 Å². The molecule has 1 fully saturated rings. The van der Waals surface area contributed by atoms with Crippen molar-refractivity contribution < 1.29 is 4.79 Å². The Morgan fingerprint density at radius 3 is 2.31 bits per heavy atom. The van der Waals surface area contributed by atoms with Gasteiger partial charge in [0.15, 0.2) is 5.78 Å². The molecule has 0 radical (unpaired) electrons. The SMILES string of the molecule is Cc1cnc(N2CCN(C3=C(c4ccc(I)cc4)C(=O)C4=Cc5ccccc5C4=C3)CC2)c(C)c1. The summed E-state index contributed by atoms with van der Waals surface area (Å²) in [5, 5.41) is 0. The number of piperazine rings is 1. The van der Waals surface area contributed by atoms with E-state index in [-0.39, 0.29) is 5.78 Å². The van der Waals surface area contributed by atoms with Crippen LogP contribution in [0.2, 0.25) is 0 Å². The third kappa shape index (κ3) is 3.92. The van der Waals surface area contributed by atoms with Gasteiger partial charge in [0, 0.05) is 47.2 Å². The second kappa shape index (κ2) is 8.79. The molecule has 3 aromatic rings. The fraction of sp³-hybridized carbons (Fsp3) is 0.200. The molecule has 2 aliphatic carbocycles. The molecule has 0 atom stereocenters. The van der Waals surface area contributed by atoms with Crippen LogP contribution >= 0.6 is 22.6 Å². The lowest BCUT2D eigenvalue weighted by atomic mass is 9.85. The Balaban J connectivity index is 1.39. The van der Waals surface area contributed by atoms with Gasteiger partial charge in [0.25, 0.3) is 0 Å². The summed E-state index contributed by atoms with van der Waals surface area (Å²) in [6.07, 6.45) is 6.25. The van der Waals surface area contributed by atoms with Crippen molar-refractivity contribution in [2.45, 2.75) is 13.8 Å². The van der Waals surface area contributed by atoms with Gasteiger partial charge < -0.3 is 9.80 Å². The monoisotopic (exact) mass is 571 g/mol. The Kier molecular flexibility index (Phi) is 5.60. The molecule has 0 unspecified atom stereocenters. The lowest BCUT2D eigenvalue weighted by Crippen LogP contribution is -2.46. The van der Waals surface area contributed by atoms with Crippen LogP contribution in [0.4, 0.5) is 5.82 Å². The van der Waals surface area contributed by atoms with Gasteiger partial charge in [-0.2, -0.15) is 0 Å². The third-order valence-electron chi connectivity index (χ3n) is 7.09. The van der Waals surface area contributed by atoms with Crippen molar-refractivity contribution >= 4 is 51.4 Å². The molecular formula is C30H26IN3O. The van der Waals surface area contributed by atoms with Gasteiger partial charge in [-0.15, -0.1) is 0 Å². The van der Waals surface area contributed by atoms with Crippen molar-refractivity contribution in [3.05, 3.63) is 110 Å². The number of allylic oxidation sites excluding steroid dienone is 4. The number of fused-ring (bicyclic) bond motifs is 3. The molecule has 0 N–H and O–H groups in total. The van der Waals surface area contributed by atoms with Gasteiger partial charge in [0.1, 0.15) is 5.82 Å². The number of hydrogen-bond acceptors (Lipinski definition) is 4. The molecule has 3 aliphatic rings. The number of hydrogen-bond donors (Lipinski definition) is 0. The summed E-state index contributed by atoms with van der Waals surface area (Å²) in [4.78, 5) is 23.4. The van der Waals surface area contributed by atoms with Gasteiger partial charge in [0.2, 0.25) is 0 Å². The van der Waals surface area contributed by atoms with Crippen LogP contribution in [0.5, 0.6) is 0 Å². The summed E-state index contributed by atoms with van der Waals surface area (Å²) in [6.45, 7) is 7.65. The first-order chi connectivity index (χ1) is 17.0. The molecule has 1 aliphatic heterocycles. The first-order valence-electron chi connectivity index (χ1n) is 12.0. The Morgan fingerprint density at radius 2 is 1.57 bits per heavy atom. The first-order valence-corrected chi connectivity index (χ1v) is 13.1. The van der Waals surface area contributed by atoms with E-state index in [1.165, 1.54) is 11.1 Å². The molecular weight excluding hydrogens is 545 g/mol. The zero-order chi connectivity index (χ0) is 24.1. The number of nitrogens with zero attached hydrogens (tertiary/aromatic N) is 3. The fourth-order valence-electron chi connectivity index (χ4n) is 5.39. The van der Waals surface area contributed by atoms with E-state index in [1.54, 1.807) is 0 Å². The Hall–Kier alpha value is -3.19. The third-order valence-corrected chi connectivity index (χ3v) is 7.81. The number of benzene rings is 2. The summed E-state index contributed by atoms with van der Waals surface area (Å²) in [6, 6.07) is 18.8. The minimum absolute atomic E-state index is 0.119. The van der Waals surface area contributed by atoms with E-state index in [2.05, 4.69) is 107 Å². The molecule has 6 rings (SSSR count). The molecule has 0 bridgehead atoms. The molecule has 0 amide bonds. The van der Waals surface area contributed by atoms with E-state index in [1.807, 2.05) is 12.3 Å². The van der Waals surface area contributed by atoms with Gasteiger partial charge in [-0.1, -0.05) is 42.5 Å². The highest BCUT2D eigenvalue weighted by Gasteiger charge is 2.34. The van der Waals surface area contributed by atoms with E-state index >= 15 is 0 Å². The zero-order valence-electron chi connectivity index (χ0n) is 19.9. The highest BCUT2D eigenvalue weighted by atomic mass is 127. The topological polar surface area (TPSA) is 36.4 Å².